The second-order valence-electron chi connectivity index (χ2n) is 6.02. The van der Waals surface area contributed by atoms with Gasteiger partial charge in [0, 0.05) is 24.2 Å². The van der Waals surface area contributed by atoms with Gasteiger partial charge in [0.1, 0.15) is 5.75 Å². The van der Waals surface area contributed by atoms with Gasteiger partial charge in [-0.3, -0.25) is 4.79 Å². The predicted octanol–water partition coefficient (Wildman–Crippen LogP) is 3.51. The van der Waals surface area contributed by atoms with Gasteiger partial charge in [0.15, 0.2) is 0 Å². The molecule has 0 radical (unpaired) electrons. The number of nitrogens with zero attached hydrogens (tertiary/aromatic N) is 1. The molecule has 1 N–H and O–H groups in total. The average Bonchev–Trinajstić information content (AvgIpc) is 2.97. The molecule has 1 aliphatic rings. The number of likely N-dealkylation sites (tertiary alicyclic amines) is 1. The molecule has 1 aromatic heterocycles. The summed E-state index contributed by atoms with van der Waals surface area (Å²) in [5.41, 5.74) is 2.03. The highest BCUT2D eigenvalue weighted by Gasteiger charge is 2.25. The van der Waals surface area contributed by atoms with E-state index in [0.717, 1.165) is 48.0 Å². The van der Waals surface area contributed by atoms with Crippen LogP contribution < -0.4 is 4.74 Å². The Bertz CT molecular complexity index is 662. The molecule has 1 atom stereocenters. The largest absolute Gasteiger partial charge is 0.495 e. The molecule has 1 aliphatic heterocycles. The molecule has 22 heavy (non-hydrogen) atoms. The first-order valence-corrected chi connectivity index (χ1v) is 8.17. The number of methoxy groups -OCH3 is 1. The molecule has 0 aliphatic carbocycles. The lowest BCUT2D eigenvalue weighted by Gasteiger charge is -2.35. The van der Waals surface area contributed by atoms with Gasteiger partial charge in [0.25, 0.3) is 0 Å². The second-order valence-corrected chi connectivity index (χ2v) is 6.02. The number of nitrogens with one attached hydrogen (secondary N) is 1. The number of hydrogen-bond acceptors (Lipinski definition) is 2. The monoisotopic (exact) mass is 300 g/mol. The van der Waals surface area contributed by atoms with Crippen LogP contribution in [-0.4, -0.2) is 35.5 Å². The molecule has 0 spiro atoms. The van der Waals surface area contributed by atoms with Crippen LogP contribution in [0.2, 0.25) is 0 Å². The highest BCUT2D eigenvalue weighted by Crippen LogP contribution is 2.28. The molecule has 4 heteroatoms. The highest BCUT2D eigenvalue weighted by molar-refractivity contribution is 5.92. The number of fused-ring (bicyclic) bond motifs is 1. The van der Waals surface area contributed by atoms with Crippen molar-refractivity contribution in [2.75, 3.05) is 13.7 Å². The fraction of sp³-hybridized carbons (Fsp3) is 0.500. The molecule has 1 aromatic carbocycles. The SMILES string of the molecule is CCC1CCCCN1C(=O)Cc1c[nH]c2c(OC)cccc12. The van der Waals surface area contributed by atoms with Crippen molar-refractivity contribution in [1.82, 2.24) is 9.88 Å². The summed E-state index contributed by atoms with van der Waals surface area (Å²) in [4.78, 5) is 18.0. The lowest BCUT2D eigenvalue weighted by atomic mass is 9.99. The summed E-state index contributed by atoms with van der Waals surface area (Å²) >= 11 is 0. The summed E-state index contributed by atoms with van der Waals surface area (Å²) in [5.74, 6) is 1.07. The topological polar surface area (TPSA) is 45.3 Å². The quantitative estimate of drug-likeness (QED) is 0.939. The van der Waals surface area contributed by atoms with Gasteiger partial charge in [-0.2, -0.15) is 0 Å². The van der Waals surface area contributed by atoms with Crippen molar-refractivity contribution in [2.24, 2.45) is 0 Å². The fourth-order valence-corrected chi connectivity index (χ4v) is 3.52. The van der Waals surface area contributed by atoms with Crippen LogP contribution >= 0.6 is 0 Å². The van der Waals surface area contributed by atoms with Crippen molar-refractivity contribution in [1.29, 1.82) is 0 Å². The predicted molar refractivity (Wildman–Crippen MR) is 88.2 cm³/mol. The molecule has 1 amide bonds. The molecule has 1 saturated heterocycles. The van der Waals surface area contributed by atoms with Gasteiger partial charge in [0.2, 0.25) is 5.91 Å². The number of carbonyl (C=O) groups excluding carboxylic acids is 1. The van der Waals surface area contributed by atoms with Crippen molar-refractivity contribution in [3.63, 3.8) is 0 Å². The van der Waals surface area contributed by atoms with Crippen molar-refractivity contribution in [3.8, 4) is 5.75 Å². The first-order valence-electron chi connectivity index (χ1n) is 8.17. The first-order chi connectivity index (χ1) is 10.7. The minimum atomic E-state index is 0.246. The zero-order valence-corrected chi connectivity index (χ0v) is 13.4. The van der Waals surface area contributed by atoms with Gasteiger partial charge in [-0.15, -0.1) is 0 Å². The van der Waals surface area contributed by atoms with Crippen LogP contribution in [0.1, 0.15) is 38.2 Å². The Hall–Kier alpha value is -1.97. The fourth-order valence-electron chi connectivity index (χ4n) is 3.52. The average molecular weight is 300 g/mol. The first kappa shape index (κ1) is 14.9. The van der Waals surface area contributed by atoms with E-state index >= 15 is 0 Å². The molecular formula is C18H24N2O2. The molecule has 4 nitrogen and oxygen atoms in total. The third-order valence-electron chi connectivity index (χ3n) is 4.74. The Morgan fingerprint density at radius 1 is 1.41 bits per heavy atom. The lowest BCUT2D eigenvalue weighted by molar-refractivity contribution is -0.134. The number of aromatic nitrogens is 1. The van der Waals surface area contributed by atoms with Gasteiger partial charge in [-0.25, -0.2) is 0 Å². The summed E-state index contributed by atoms with van der Waals surface area (Å²) in [7, 11) is 1.67. The summed E-state index contributed by atoms with van der Waals surface area (Å²) in [6, 6.07) is 6.37. The Labute approximate surface area is 131 Å². The maximum atomic E-state index is 12.7. The number of piperidine rings is 1. The zero-order valence-electron chi connectivity index (χ0n) is 13.4. The van der Waals surface area contributed by atoms with E-state index in [1.54, 1.807) is 7.11 Å². The Morgan fingerprint density at radius 3 is 3.05 bits per heavy atom. The van der Waals surface area contributed by atoms with Crippen molar-refractivity contribution >= 4 is 16.8 Å². The number of H-pyrrole nitrogens is 1. The van der Waals surface area contributed by atoms with Crippen LogP contribution in [0.5, 0.6) is 5.75 Å². The number of benzene rings is 1. The lowest BCUT2D eigenvalue weighted by Crippen LogP contribution is -2.44. The van der Waals surface area contributed by atoms with E-state index in [1.165, 1.54) is 6.42 Å². The molecule has 2 aromatic rings. The third kappa shape index (κ3) is 2.70. The maximum Gasteiger partial charge on any atom is 0.227 e. The Morgan fingerprint density at radius 2 is 2.27 bits per heavy atom. The van der Waals surface area contributed by atoms with E-state index in [-0.39, 0.29) is 5.91 Å². The summed E-state index contributed by atoms with van der Waals surface area (Å²) in [6.07, 6.45) is 6.97. The van der Waals surface area contributed by atoms with Crippen LogP contribution in [-0.2, 0) is 11.2 Å². The zero-order chi connectivity index (χ0) is 15.5. The van der Waals surface area contributed by atoms with Crippen LogP contribution in [0.25, 0.3) is 10.9 Å². The van der Waals surface area contributed by atoms with E-state index in [2.05, 4.69) is 16.8 Å². The minimum absolute atomic E-state index is 0.246. The molecular weight excluding hydrogens is 276 g/mol. The van der Waals surface area contributed by atoms with Gasteiger partial charge >= 0.3 is 0 Å². The van der Waals surface area contributed by atoms with E-state index in [9.17, 15) is 4.79 Å². The second kappa shape index (κ2) is 6.42. The number of rotatable bonds is 4. The van der Waals surface area contributed by atoms with Crippen molar-refractivity contribution in [3.05, 3.63) is 30.0 Å². The molecule has 2 heterocycles. The smallest absolute Gasteiger partial charge is 0.227 e. The molecule has 118 valence electrons. The van der Waals surface area contributed by atoms with E-state index in [1.807, 2.05) is 24.4 Å². The third-order valence-corrected chi connectivity index (χ3v) is 4.74. The van der Waals surface area contributed by atoms with E-state index in [4.69, 9.17) is 4.74 Å². The van der Waals surface area contributed by atoms with Crippen molar-refractivity contribution in [2.45, 2.75) is 45.1 Å². The van der Waals surface area contributed by atoms with Crippen LogP contribution in [0.3, 0.4) is 0 Å². The molecule has 1 fully saturated rings. The minimum Gasteiger partial charge on any atom is -0.495 e. The molecule has 0 bridgehead atoms. The summed E-state index contributed by atoms with van der Waals surface area (Å²) < 4.78 is 5.37. The Kier molecular flexibility index (Phi) is 4.36. The number of carbonyl (C=O) groups is 1. The Balaban J connectivity index is 1.82. The molecule has 1 unspecified atom stereocenters. The van der Waals surface area contributed by atoms with Gasteiger partial charge in [-0.05, 0) is 37.3 Å². The molecule has 3 rings (SSSR count). The summed E-state index contributed by atoms with van der Waals surface area (Å²) in [6.45, 7) is 3.08. The van der Waals surface area contributed by atoms with Gasteiger partial charge < -0.3 is 14.6 Å². The van der Waals surface area contributed by atoms with Crippen molar-refractivity contribution < 1.29 is 9.53 Å². The number of hydrogen-bond donors (Lipinski definition) is 1. The maximum absolute atomic E-state index is 12.7. The standard InChI is InChI=1S/C18H24N2O2/c1-3-14-7-4-5-10-20(14)17(21)11-13-12-19-18-15(13)8-6-9-16(18)22-2/h6,8-9,12,14,19H,3-5,7,10-11H2,1-2H3. The number of aromatic amines is 1. The van der Waals surface area contributed by atoms with Crippen LogP contribution in [0.4, 0.5) is 0 Å². The summed E-state index contributed by atoms with van der Waals surface area (Å²) in [5, 5.41) is 1.08. The highest BCUT2D eigenvalue weighted by atomic mass is 16.5. The van der Waals surface area contributed by atoms with E-state index < -0.39 is 0 Å². The van der Waals surface area contributed by atoms with E-state index in [0.29, 0.717) is 12.5 Å². The number of ether oxygens (including phenoxy) is 1. The number of para-hydroxylation sites is 1. The molecule has 0 saturated carbocycles. The number of amides is 1. The van der Waals surface area contributed by atoms with Gasteiger partial charge in [-0.1, -0.05) is 19.1 Å². The van der Waals surface area contributed by atoms with Crippen LogP contribution in [0.15, 0.2) is 24.4 Å². The van der Waals surface area contributed by atoms with Gasteiger partial charge in [0.05, 0.1) is 19.0 Å². The normalized spacial score (nSPS) is 18.6. The van der Waals surface area contributed by atoms with Crippen LogP contribution in [0, 0.1) is 0 Å².